The van der Waals surface area contributed by atoms with Crippen LogP contribution in [0, 0.1) is 11.8 Å². The van der Waals surface area contributed by atoms with Crippen LogP contribution in [0.4, 0.5) is 0 Å². The van der Waals surface area contributed by atoms with Crippen molar-refractivity contribution in [2.45, 2.75) is 6.42 Å². The van der Waals surface area contributed by atoms with E-state index >= 15 is 0 Å². The number of pyridine rings is 1. The van der Waals surface area contributed by atoms with Crippen LogP contribution in [0.5, 0.6) is 5.75 Å². The number of benzene rings is 1. The van der Waals surface area contributed by atoms with Crippen molar-refractivity contribution in [3.05, 3.63) is 59.9 Å². The third-order valence-electron chi connectivity index (χ3n) is 2.52. The lowest BCUT2D eigenvalue weighted by Crippen LogP contribution is -2.01. The Balaban J connectivity index is 1.89. The van der Waals surface area contributed by atoms with Gasteiger partial charge >= 0.3 is 0 Å². The summed E-state index contributed by atoms with van der Waals surface area (Å²) in [5, 5.41) is 0. The average Bonchev–Trinajstić information content (AvgIpc) is 2.47. The molecule has 0 atom stereocenters. The molecule has 1 aromatic heterocycles. The molecule has 2 rings (SSSR count). The molecule has 0 bridgehead atoms. The predicted molar refractivity (Wildman–Crippen MR) is 77.5 cm³/mol. The first-order valence-corrected chi connectivity index (χ1v) is 6.58. The van der Waals surface area contributed by atoms with Gasteiger partial charge in [-0.2, -0.15) is 0 Å². The first-order valence-electron chi connectivity index (χ1n) is 6.05. The zero-order valence-electron chi connectivity index (χ0n) is 10.5. The average molecular weight is 272 g/mol. The van der Waals surface area contributed by atoms with Gasteiger partial charge in [0.05, 0.1) is 12.5 Å². The fourth-order valence-corrected chi connectivity index (χ4v) is 1.70. The van der Waals surface area contributed by atoms with E-state index < -0.39 is 0 Å². The molecule has 0 spiro atoms. The highest BCUT2D eigenvalue weighted by atomic mass is 35.5. The van der Waals surface area contributed by atoms with E-state index in [1.54, 1.807) is 6.20 Å². The van der Waals surface area contributed by atoms with Gasteiger partial charge in [-0.25, -0.2) is 0 Å². The Hall–Kier alpha value is -1.98. The van der Waals surface area contributed by atoms with E-state index in [1.807, 2.05) is 42.6 Å². The van der Waals surface area contributed by atoms with E-state index in [0.717, 1.165) is 17.7 Å². The maximum atomic E-state index is 5.70. The maximum absolute atomic E-state index is 5.70. The molecule has 0 amide bonds. The number of alkyl halides is 1. The van der Waals surface area contributed by atoms with Gasteiger partial charge in [0.2, 0.25) is 0 Å². The number of hydrogen-bond acceptors (Lipinski definition) is 2. The summed E-state index contributed by atoms with van der Waals surface area (Å²) in [5.74, 6) is 6.96. The van der Waals surface area contributed by atoms with Crippen molar-refractivity contribution in [2.24, 2.45) is 0 Å². The molecule has 0 N–H and O–H groups in total. The number of ether oxygens (including phenoxy) is 1. The standard InChI is InChI=1S/C16H14ClNO/c17-9-2-5-14-4-1-7-16(12-14)19-11-8-15-6-3-10-18-13-15/h1,3-4,6-7,10,12-13H,8-9,11H2. The summed E-state index contributed by atoms with van der Waals surface area (Å²) in [5.41, 5.74) is 2.08. The zero-order valence-corrected chi connectivity index (χ0v) is 11.2. The van der Waals surface area contributed by atoms with Gasteiger partial charge < -0.3 is 4.74 Å². The molecule has 1 heterocycles. The van der Waals surface area contributed by atoms with Crippen molar-refractivity contribution in [1.82, 2.24) is 4.98 Å². The Kier molecular flexibility index (Phi) is 5.28. The van der Waals surface area contributed by atoms with E-state index in [9.17, 15) is 0 Å². The summed E-state index contributed by atoms with van der Waals surface area (Å²) in [7, 11) is 0. The first kappa shape index (κ1) is 13.5. The topological polar surface area (TPSA) is 22.1 Å². The maximum Gasteiger partial charge on any atom is 0.120 e. The number of halogens is 1. The Bertz CT molecular complexity index is 572. The van der Waals surface area contributed by atoms with Crippen LogP contribution >= 0.6 is 11.6 Å². The van der Waals surface area contributed by atoms with E-state index in [0.29, 0.717) is 12.5 Å². The Labute approximate surface area is 118 Å². The summed E-state index contributed by atoms with van der Waals surface area (Å²) in [6, 6.07) is 11.7. The number of rotatable bonds is 4. The van der Waals surface area contributed by atoms with Crippen molar-refractivity contribution >= 4 is 11.6 Å². The Morgan fingerprint density at radius 2 is 2.16 bits per heavy atom. The number of aromatic nitrogens is 1. The third-order valence-corrected chi connectivity index (χ3v) is 2.65. The van der Waals surface area contributed by atoms with Crippen LogP contribution in [-0.4, -0.2) is 17.5 Å². The minimum Gasteiger partial charge on any atom is -0.493 e. The largest absolute Gasteiger partial charge is 0.493 e. The van der Waals surface area contributed by atoms with Crippen molar-refractivity contribution in [3.63, 3.8) is 0 Å². The second-order valence-corrected chi connectivity index (χ2v) is 4.19. The van der Waals surface area contributed by atoms with Gasteiger partial charge in [0.1, 0.15) is 5.75 Å². The van der Waals surface area contributed by atoms with Crippen LogP contribution in [0.1, 0.15) is 11.1 Å². The fraction of sp³-hybridized carbons (Fsp3) is 0.188. The van der Waals surface area contributed by atoms with Gasteiger partial charge in [-0.3, -0.25) is 4.98 Å². The predicted octanol–water partition coefficient (Wildman–Crippen LogP) is 3.29. The molecule has 0 aliphatic rings. The van der Waals surface area contributed by atoms with Crippen LogP contribution in [0.15, 0.2) is 48.8 Å². The Morgan fingerprint density at radius 1 is 1.21 bits per heavy atom. The highest BCUT2D eigenvalue weighted by Crippen LogP contribution is 2.13. The molecule has 19 heavy (non-hydrogen) atoms. The molecular formula is C16H14ClNO. The molecule has 0 fully saturated rings. The fourth-order valence-electron chi connectivity index (χ4n) is 1.63. The van der Waals surface area contributed by atoms with Gasteiger partial charge in [0.15, 0.2) is 0 Å². The van der Waals surface area contributed by atoms with Crippen molar-refractivity contribution in [3.8, 4) is 17.6 Å². The highest BCUT2D eigenvalue weighted by molar-refractivity contribution is 6.19. The second kappa shape index (κ2) is 7.45. The SMILES string of the molecule is ClCC#Cc1cccc(OCCc2cccnc2)c1. The van der Waals surface area contributed by atoms with E-state index in [4.69, 9.17) is 16.3 Å². The summed E-state index contributed by atoms with van der Waals surface area (Å²) in [4.78, 5) is 4.07. The molecule has 1 aromatic carbocycles. The molecule has 0 saturated heterocycles. The van der Waals surface area contributed by atoms with Crippen molar-refractivity contribution < 1.29 is 4.74 Å². The monoisotopic (exact) mass is 271 g/mol. The molecule has 2 nitrogen and oxygen atoms in total. The summed E-state index contributed by atoms with van der Waals surface area (Å²) < 4.78 is 5.70. The summed E-state index contributed by atoms with van der Waals surface area (Å²) in [6.07, 6.45) is 4.46. The number of hydrogen-bond donors (Lipinski definition) is 0. The molecule has 0 unspecified atom stereocenters. The molecule has 0 aliphatic carbocycles. The first-order chi connectivity index (χ1) is 9.38. The highest BCUT2D eigenvalue weighted by Gasteiger charge is 1.96. The van der Waals surface area contributed by atoms with E-state index in [2.05, 4.69) is 16.8 Å². The molecular weight excluding hydrogens is 258 g/mol. The van der Waals surface area contributed by atoms with E-state index in [-0.39, 0.29) is 0 Å². The molecule has 0 aliphatic heterocycles. The van der Waals surface area contributed by atoms with Crippen LogP contribution in [0.25, 0.3) is 0 Å². The molecule has 0 saturated carbocycles. The van der Waals surface area contributed by atoms with E-state index in [1.165, 1.54) is 5.56 Å². The van der Waals surface area contributed by atoms with Gasteiger partial charge in [-0.15, -0.1) is 11.6 Å². The normalized spacial score (nSPS) is 9.53. The molecule has 96 valence electrons. The van der Waals surface area contributed by atoms with Crippen molar-refractivity contribution in [2.75, 3.05) is 12.5 Å². The summed E-state index contributed by atoms with van der Waals surface area (Å²) in [6.45, 7) is 0.623. The minimum absolute atomic E-state index is 0.339. The Morgan fingerprint density at radius 3 is 2.95 bits per heavy atom. The van der Waals surface area contributed by atoms with Gasteiger partial charge in [0.25, 0.3) is 0 Å². The molecule has 3 heteroatoms. The quantitative estimate of drug-likeness (QED) is 0.629. The van der Waals surface area contributed by atoms with Crippen LogP contribution in [0.3, 0.4) is 0 Å². The lowest BCUT2D eigenvalue weighted by molar-refractivity contribution is 0.322. The smallest absolute Gasteiger partial charge is 0.120 e. The van der Waals surface area contributed by atoms with Gasteiger partial charge in [-0.05, 0) is 29.8 Å². The summed E-state index contributed by atoms with van der Waals surface area (Å²) >= 11 is 5.53. The lowest BCUT2D eigenvalue weighted by atomic mass is 10.2. The minimum atomic E-state index is 0.339. The second-order valence-electron chi connectivity index (χ2n) is 3.92. The third kappa shape index (κ3) is 4.65. The van der Waals surface area contributed by atoms with Crippen molar-refractivity contribution in [1.29, 1.82) is 0 Å². The lowest BCUT2D eigenvalue weighted by Gasteiger charge is -2.06. The zero-order chi connectivity index (χ0) is 13.3. The van der Waals surface area contributed by atoms with Gasteiger partial charge in [0, 0.05) is 24.4 Å². The molecule has 0 radical (unpaired) electrons. The number of nitrogens with zero attached hydrogens (tertiary/aromatic N) is 1. The van der Waals surface area contributed by atoms with Gasteiger partial charge in [-0.1, -0.05) is 24.0 Å². The van der Waals surface area contributed by atoms with Crippen LogP contribution in [-0.2, 0) is 6.42 Å². The van der Waals surface area contributed by atoms with Crippen LogP contribution < -0.4 is 4.74 Å². The van der Waals surface area contributed by atoms with Crippen LogP contribution in [0.2, 0.25) is 0 Å². The molecule has 2 aromatic rings.